The van der Waals surface area contributed by atoms with Crippen molar-refractivity contribution in [3.05, 3.63) is 71.8 Å². The molecule has 1 aliphatic rings. The molecule has 2 aromatic carbocycles. The van der Waals surface area contributed by atoms with Crippen molar-refractivity contribution in [1.82, 2.24) is 4.90 Å². The summed E-state index contributed by atoms with van der Waals surface area (Å²) in [6.07, 6.45) is 3.88. The molecule has 1 atom stereocenters. The highest BCUT2D eigenvalue weighted by Gasteiger charge is 2.23. The lowest BCUT2D eigenvalue weighted by molar-refractivity contribution is 0.0183. The maximum Gasteiger partial charge on any atom is 0.108 e. The second-order valence-electron chi connectivity index (χ2n) is 7.10. The summed E-state index contributed by atoms with van der Waals surface area (Å²) in [4.78, 5) is 2.59. The molecule has 2 nitrogen and oxygen atoms in total. The molecule has 3 rings (SSSR count). The smallest absolute Gasteiger partial charge is 0.108 e. The van der Waals surface area contributed by atoms with Crippen LogP contribution in [0.4, 0.5) is 0 Å². The van der Waals surface area contributed by atoms with Crippen molar-refractivity contribution in [3.63, 3.8) is 0 Å². The van der Waals surface area contributed by atoms with Crippen LogP contribution in [0.2, 0.25) is 0 Å². The van der Waals surface area contributed by atoms with E-state index in [1.807, 2.05) is 30.3 Å². The second-order valence-corrected chi connectivity index (χ2v) is 7.10. The van der Waals surface area contributed by atoms with E-state index < -0.39 is 0 Å². The van der Waals surface area contributed by atoms with Gasteiger partial charge in [0.1, 0.15) is 6.61 Å². The minimum atomic E-state index is 0.288. The van der Waals surface area contributed by atoms with E-state index in [2.05, 4.69) is 54.0 Å². The fraction of sp³-hybridized carbons (Fsp3) is 0.417. The van der Waals surface area contributed by atoms with E-state index >= 15 is 0 Å². The van der Waals surface area contributed by atoms with E-state index in [4.69, 9.17) is 4.74 Å². The van der Waals surface area contributed by atoms with Crippen molar-refractivity contribution in [1.29, 1.82) is 0 Å². The summed E-state index contributed by atoms with van der Waals surface area (Å²) in [5, 5.41) is 0. The number of benzene rings is 2. The predicted molar refractivity (Wildman–Crippen MR) is 108 cm³/mol. The zero-order chi connectivity index (χ0) is 18.0. The second kappa shape index (κ2) is 10.2. The molecule has 0 N–H and O–H groups in total. The fourth-order valence-corrected chi connectivity index (χ4v) is 3.55. The quantitative estimate of drug-likeness (QED) is 0.718. The molecule has 1 saturated heterocycles. The standard InChI is InChI=1S/C24H29NO/c1-21(26-20-8-13-22-9-4-2-5-10-22)24-15-18-25(19-16-24)17-14-23-11-6-3-7-12-23/h2-7,9-12,21,24H,14-20H2,1H3. The van der Waals surface area contributed by atoms with E-state index in [0.717, 1.165) is 18.5 Å². The van der Waals surface area contributed by atoms with Gasteiger partial charge in [0, 0.05) is 12.1 Å². The van der Waals surface area contributed by atoms with E-state index in [9.17, 15) is 0 Å². The highest BCUT2D eigenvalue weighted by molar-refractivity contribution is 5.33. The predicted octanol–water partition coefficient (Wildman–Crippen LogP) is 4.40. The van der Waals surface area contributed by atoms with Crippen molar-refractivity contribution in [2.45, 2.75) is 32.3 Å². The van der Waals surface area contributed by atoms with Crippen LogP contribution in [0, 0.1) is 17.8 Å². The first-order valence-corrected chi connectivity index (χ1v) is 9.73. The summed E-state index contributed by atoms with van der Waals surface area (Å²) in [6, 6.07) is 20.9. The Morgan fingerprint density at radius 1 is 1.00 bits per heavy atom. The maximum atomic E-state index is 5.98. The first kappa shape index (κ1) is 18.7. The maximum absolute atomic E-state index is 5.98. The van der Waals surface area contributed by atoms with E-state index in [-0.39, 0.29) is 6.10 Å². The number of hydrogen-bond donors (Lipinski definition) is 0. The molecule has 1 aliphatic heterocycles. The van der Waals surface area contributed by atoms with Crippen LogP contribution in [0.5, 0.6) is 0 Å². The van der Waals surface area contributed by atoms with E-state index in [1.54, 1.807) is 0 Å². The average Bonchev–Trinajstić information content (AvgIpc) is 2.71. The molecule has 0 radical (unpaired) electrons. The van der Waals surface area contributed by atoms with Gasteiger partial charge < -0.3 is 9.64 Å². The van der Waals surface area contributed by atoms with Gasteiger partial charge in [-0.3, -0.25) is 0 Å². The minimum Gasteiger partial charge on any atom is -0.366 e. The number of likely N-dealkylation sites (tertiary alicyclic amines) is 1. The zero-order valence-electron chi connectivity index (χ0n) is 15.7. The average molecular weight is 348 g/mol. The Balaban J connectivity index is 1.34. The Morgan fingerprint density at radius 2 is 1.65 bits per heavy atom. The van der Waals surface area contributed by atoms with Gasteiger partial charge in [0.25, 0.3) is 0 Å². The molecule has 136 valence electrons. The van der Waals surface area contributed by atoms with Gasteiger partial charge in [-0.1, -0.05) is 60.4 Å². The van der Waals surface area contributed by atoms with Gasteiger partial charge in [-0.15, -0.1) is 0 Å². The third-order valence-electron chi connectivity index (χ3n) is 5.28. The SMILES string of the molecule is CC(OCC#Cc1ccccc1)C1CCN(CCc2ccccc2)CC1. The third-order valence-corrected chi connectivity index (χ3v) is 5.28. The molecular weight excluding hydrogens is 318 g/mol. The van der Waals surface area contributed by atoms with Gasteiger partial charge in [-0.25, -0.2) is 0 Å². The number of hydrogen-bond acceptors (Lipinski definition) is 2. The molecule has 0 aromatic heterocycles. The first-order valence-electron chi connectivity index (χ1n) is 9.73. The monoisotopic (exact) mass is 347 g/mol. The van der Waals surface area contributed by atoms with Crippen molar-refractivity contribution in [3.8, 4) is 11.8 Å². The molecule has 2 aromatic rings. The molecule has 0 amide bonds. The zero-order valence-corrected chi connectivity index (χ0v) is 15.7. The highest BCUT2D eigenvalue weighted by atomic mass is 16.5. The lowest BCUT2D eigenvalue weighted by Crippen LogP contribution is -2.38. The van der Waals surface area contributed by atoms with Crippen LogP contribution < -0.4 is 0 Å². The van der Waals surface area contributed by atoms with Crippen LogP contribution in [0.15, 0.2) is 60.7 Å². The van der Waals surface area contributed by atoms with Gasteiger partial charge in [0.2, 0.25) is 0 Å². The van der Waals surface area contributed by atoms with Gasteiger partial charge >= 0.3 is 0 Å². The Kier molecular flexibility index (Phi) is 7.31. The highest BCUT2D eigenvalue weighted by Crippen LogP contribution is 2.22. The van der Waals surface area contributed by atoms with Crippen molar-refractivity contribution in [2.24, 2.45) is 5.92 Å². The molecule has 0 aliphatic carbocycles. The van der Waals surface area contributed by atoms with Crippen LogP contribution in [0.1, 0.15) is 30.9 Å². The van der Waals surface area contributed by atoms with Gasteiger partial charge in [-0.2, -0.15) is 0 Å². The number of ether oxygens (including phenoxy) is 1. The largest absolute Gasteiger partial charge is 0.366 e. The molecule has 2 heteroatoms. The normalized spacial score (nSPS) is 16.7. The number of rotatable bonds is 6. The summed E-state index contributed by atoms with van der Waals surface area (Å²) >= 11 is 0. The lowest BCUT2D eigenvalue weighted by Gasteiger charge is -2.34. The number of nitrogens with zero attached hydrogens (tertiary/aromatic N) is 1. The molecule has 0 spiro atoms. The topological polar surface area (TPSA) is 12.5 Å². The van der Waals surface area contributed by atoms with Crippen molar-refractivity contribution < 1.29 is 4.74 Å². The van der Waals surface area contributed by atoms with Crippen LogP contribution in [0.3, 0.4) is 0 Å². The molecule has 26 heavy (non-hydrogen) atoms. The molecule has 0 saturated carbocycles. The van der Waals surface area contributed by atoms with E-state index in [0.29, 0.717) is 12.5 Å². The summed E-state index contributed by atoms with van der Waals surface area (Å²) in [7, 11) is 0. The molecular formula is C24H29NO. The Hall–Kier alpha value is -2.08. The van der Waals surface area contributed by atoms with Crippen LogP contribution >= 0.6 is 0 Å². The number of piperidine rings is 1. The Bertz CT molecular complexity index is 693. The van der Waals surface area contributed by atoms with Crippen molar-refractivity contribution in [2.75, 3.05) is 26.2 Å². The fourth-order valence-electron chi connectivity index (χ4n) is 3.55. The van der Waals surface area contributed by atoms with Gasteiger partial charge in [0.15, 0.2) is 0 Å². The van der Waals surface area contributed by atoms with E-state index in [1.165, 1.54) is 31.5 Å². The van der Waals surface area contributed by atoms with Crippen LogP contribution in [-0.4, -0.2) is 37.2 Å². The molecule has 0 bridgehead atoms. The van der Waals surface area contributed by atoms with Crippen molar-refractivity contribution >= 4 is 0 Å². The Morgan fingerprint density at radius 3 is 2.35 bits per heavy atom. The molecule has 1 heterocycles. The summed E-state index contributed by atoms with van der Waals surface area (Å²) in [5.41, 5.74) is 2.48. The first-order chi connectivity index (χ1) is 12.8. The Labute approximate surface area is 158 Å². The molecule has 1 unspecified atom stereocenters. The summed E-state index contributed by atoms with van der Waals surface area (Å²) < 4.78 is 5.98. The third kappa shape index (κ3) is 6.02. The van der Waals surface area contributed by atoms with Gasteiger partial charge in [-0.05, 0) is 62.9 Å². The van der Waals surface area contributed by atoms with Crippen LogP contribution in [-0.2, 0) is 11.2 Å². The lowest BCUT2D eigenvalue weighted by atomic mass is 9.92. The summed E-state index contributed by atoms with van der Waals surface area (Å²) in [6.45, 7) is 6.25. The van der Waals surface area contributed by atoms with Crippen LogP contribution in [0.25, 0.3) is 0 Å². The molecule has 1 fully saturated rings. The summed E-state index contributed by atoms with van der Waals surface area (Å²) in [5.74, 6) is 6.95. The van der Waals surface area contributed by atoms with Gasteiger partial charge in [0.05, 0.1) is 6.10 Å². The minimum absolute atomic E-state index is 0.288.